The van der Waals surface area contributed by atoms with Gasteiger partial charge in [-0.15, -0.1) is 0 Å². The molecule has 0 unspecified atom stereocenters. The van der Waals surface area contributed by atoms with Crippen molar-refractivity contribution in [3.05, 3.63) is 30.1 Å². The van der Waals surface area contributed by atoms with Crippen LogP contribution in [0.5, 0.6) is 0 Å². The quantitative estimate of drug-likeness (QED) is 0.616. The van der Waals surface area contributed by atoms with E-state index in [9.17, 15) is 0 Å². The molecule has 0 aromatic heterocycles. The summed E-state index contributed by atoms with van der Waals surface area (Å²) in [7, 11) is -2.86. The molecule has 0 N–H and O–H groups in total. The summed E-state index contributed by atoms with van der Waals surface area (Å²) in [6.45, 7) is 0. The Morgan fingerprint density at radius 3 is 1.88 bits per heavy atom. The van der Waals surface area contributed by atoms with Crippen molar-refractivity contribution in [3.8, 4) is 0 Å². The zero-order valence-electron chi connectivity index (χ0n) is 10.9. The molecule has 4 heteroatoms. The van der Waals surface area contributed by atoms with E-state index in [-0.39, 0.29) is 0 Å². The van der Waals surface area contributed by atoms with Crippen LogP contribution in [0.2, 0.25) is 0 Å². The van der Waals surface area contributed by atoms with E-state index < -0.39 is 18.3 Å². The summed E-state index contributed by atoms with van der Waals surface area (Å²) in [5, 5.41) is 9.47. The highest BCUT2D eigenvalue weighted by Gasteiger charge is 2.53. The molecule has 2 aliphatic rings. The van der Waals surface area contributed by atoms with Gasteiger partial charge in [-0.25, -0.2) is 8.29 Å². The summed E-state index contributed by atoms with van der Waals surface area (Å²) >= 11 is 3.83. The van der Waals surface area contributed by atoms with Crippen LogP contribution in [0.3, 0.4) is 0 Å². The van der Waals surface area contributed by atoms with Gasteiger partial charge in [0.2, 0.25) is 0 Å². The van der Waals surface area contributed by atoms with Gasteiger partial charge in [0.1, 0.15) is 0 Å². The lowest BCUT2D eigenvalue weighted by Crippen LogP contribution is -2.29. The lowest BCUT2D eigenvalue weighted by molar-refractivity contribution is 1.81. The fourth-order valence-electron chi connectivity index (χ4n) is 2.39. The first-order chi connectivity index (χ1) is 6.95. The van der Waals surface area contributed by atoms with Crippen LogP contribution in [0, 0.1) is 0 Å². The highest BCUT2D eigenvalue weighted by molar-refractivity contribution is 8.76. The van der Waals surface area contributed by atoms with Crippen LogP contribution in [-0.2, 0) is 0 Å². The Labute approximate surface area is 109 Å². The maximum atomic E-state index is 2.54. The standard InChI is InChI=1S/C12H22S4/c1-15(2)9-10-16(3,4,5,6)12(15)11-13-7-8-14-11/h7-10H,1-6H3. The van der Waals surface area contributed by atoms with Gasteiger partial charge >= 0.3 is 0 Å². The van der Waals surface area contributed by atoms with Crippen LogP contribution in [0.15, 0.2) is 30.1 Å². The lowest BCUT2D eigenvalue weighted by atomic mass is 11.2. The second-order valence-electron chi connectivity index (χ2n) is 7.09. The molecule has 0 fully saturated rings. The molecule has 2 rings (SSSR count). The molecule has 94 valence electrons. The Morgan fingerprint density at radius 1 is 1.00 bits per heavy atom. The molecular weight excluding hydrogens is 272 g/mol. The van der Waals surface area contributed by atoms with Crippen LogP contribution >= 0.6 is 41.8 Å². The third-order valence-corrected chi connectivity index (χ3v) is 14.5. The Morgan fingerprint density at radius 2 is 1.50 bits per heavy atom. The fourth-order valence-corrected chi connectivity index (χ4v) is 20.7. The zero-order chi connectivity index (χ0) is 12.3. The molecular formula is C12H22S4. The van der Waals surface area contributed by atoms with Crippen molar-refractivity contribution in [2.24, 2.45) is 0 Å². The first-order valence-corrected chi connectivity index (χ1v) is 13.5. The van der Waals surface area contributed by atoms with Gasteiger partial charge in [-0.1, -0.05) is 28.9 Å². The normalized spacial score (nSPS) is 38.6. The van der Waals surface area contributed by atoms with E-state index in [0.717, 1.165) is 0 Å². The number of hydrogen-bond acceptors (Lipinski definition) is 2. The first kappa shape index (κ1) is 13.1. The van der Waals surface area contributed by atoms with Gasteiger partial charge in [-0.05, 0) is 53.8 Å². The molecule has 0 aromatic rings. The molecule has 2 aliphatic heterocycles. The first-order valence-electron chi connectivity index (χ1n) is 5.13. The summed E-state index contributed by atoms with van der Waals surface area (Å²) in [4.78, 5) is 0. The third-order valence-electron chi connectivity index (χ3n) is 2.91. The van der Waals surface area contributed by atoms with Crippen LogP contribution < -0.4 is 0 Å². The molecule has 0 radical (unpaired) electrons. The van der Waals surface area contributed by atoms with Crippen LogP contribution in [-0.4, -0.2) is 37.5 Å². The van der Waals surface area contributed by atoms with Crippen molar-refractivity contribution in [2.45, 2.75) is 0 Å². The Hall–Kier alpha value is 0.620. The number of rotatable bonds is 0. The van der Waals surface area contributed by atoms with Crippen molar-refractivity contribution in [1.82, 2.24) is 0 Å². The maximum Gasteiger partial charge on any atom is 0.0650 e. The number of thioether (sulfide) groups is 2. The predicted molar refractivity (Wildman–Crippen MR) is 91.2 cm³/mol. The molecule has 0 bridgehead atoms. The van der Waals surface area contributed by atoms with Gasteiger partial charge < -0.3 is 0 Å². The van der Waals surface area contributed by atoms with Crippen LogP contribution in [0.4, 0.5) is 0 Å². The molecule has 0 nitrogen and oxygen atoms in total. The Balaban J connectivity index is 2.71. The summed E-state index contributed by atoms with van der Waals surface area (Å²) < 4.78 is 3.29. The predicted octanol–water partition coefficient (Wildman–Crippen LogP) is 5.01. The summed E-state index contributed by atoms with van der Waals surface area (Å²) in [6, 6.07) is 0. The van der Waals surface area contributed by atoms with E-state index >= 15 is 0 Å². The third kappa shape index (κ3) is 2.02. The van der Waals surface area contributed by atoms with Gasteiger partial charge in [0, 0.05) is 4.24 Å². The SMILES string of the molecule is CS1(C)C=CS(C)(C)(C)(C)C1=C1SC=CS1. The fraction of sp³-hybridized carbons (Fsp3) is 0.500. The van der Waals surface area contributed by atoms with Gasteiger partial charge in [0.15, 0.2) is 0 Å². The van der Waals surface area contributed by atoms with Gasteiger partial charge in [-0.2, -0.15) is 10.0 Å². The van der Waals surface area contributed by atoms with Crippen molar-refractivity contribution in [2.75, 3.05) is 37.5 Å². The minimum Gasteiger partial charge on any atom is -0.242 e. The molecule has 0 atom stereocenters. The van der Waals surface area contributed by atoms with Gasteiger partial charge in [0.05, 0.1) is 4.24 Å². The Bertz CT molecular complexity index is 432. The Kier molecular flexibility index (Phi) is 2.41. The maximum absolute atomic E-state index is 2.54. The smallest absolute Gasteiger partial charge is 0.0650 e. The van der Waals surface area contributed by atoms with Crippen molar-refractivity contribution < 1.29 is 0 Å². The highest BCUT2D eigenvalue weighted by Crippen LogP contribution is 2.97. The average molecular weight is 295 g/mol. The zero-order valence-corrected chi connectivity index (χ0v) is 14.2. The van der Waals surface area contributed by atoms with Crippen molar-refractivity contribution in [1.29, 1.82) is 0 Å². The molecule has 0 spiro atoms. The van der Waals surface area contributed by atoms with Gasteiger partial charge in [-0.3, -0.25) is 0 Å². The van der Waals surface area contributed by atoms with E-state index in [0.29, 0.717) is 0 Å². The minimum absolute atomic E-state index is 0.725. The largest absolute Gasteiger partial charge is 0.242 e. The van der Waals surface area contributed by atoms with Crippen LogP contribution in [0.25, 0.3) is 0 Å². The van der Waals surface area contributed by atoms with Crippen molar-refractivity contribution >= 4 is 41.8 Å². The second kappa shape index (κ2) is 2.95. The average Bonchev–Trinajstić information content (AvgIpc) is 2.55. The summed E-state index contributed by atoms with van der Waals surface area (Å²) in [5.41, 5.74) is 0. The van der Waals surface area contributed by atoms with E-state index in [1.165, 1.54) is 0 Å². The van der Waals surface area contributed by atoms with Crippen LogP contribution in [0.1, 0.15) is 0 Å². The molecule has 16 heavy (non-hydrogen) atoms. The van der Waals surface area contributed by atoms with E-state index in [1.807, 2.05) is 23.5 Å². The summed E-state index contributed by atoms with van der Waals surface area (Å²) in [5.74, 6) is 0. The molecule has 2 heterocycles. The molecule has 0 saturated heterocycles. The lowest BCUT2D eigenvalue weighted by Gasteiger charge is -2.68. The van der Waals surface area contributed by atoms with E-state index in [1.54, 1.807) is 8.47 Å². The summed E-state index contributed by atoms with van der Waals surface area (Å²) in [6.07, 6.45) is 14.8. The van der Waals surface area contributed by atoms with E-state index in [2.05, 4.69) is 59.2 Å². The molecule has 0 aliphatic carbocycles. The second-order valence-corrected chi connectivity index (χ2v) is 22.3. The molecule has 0 aromatic carbocycles. The molecule has 0 amide bonds. The highest BCUT2D eigenvalue weighted by atomic mass is 32.4. The monoisotopic (exact) mass is 294 g/mol. The van der Waals surface area contributed by atoms with Gasteiger partial charge in [0.25, 0.3) is 0 Å². The minimum atomic E-state index is -2.13. The number of hydrogen-bond donors (Lipinski definition) is 0. The van der Waals surface area contributed by atoms with Crippen molar-refractivity contribution in [3.63, 3.8) is 0 Å². The molecule has 0 saturated carbocycles. The van der Waals surface area contributed by atoms with E-state index in [4.69, 9.17) is 0 Å². The topological polar surface area (TPSA) is 0 Å².